The number of anilines is 1. The summed E-state index contributed by atoms with van der Waals surface area (Å²) in [5, 5.41) is 21.6. The maximum atomic E-state index is 9.86. The molecule has 0 unspecified atom stereocenters. The lowest BCUT2D eigenvalue weighted by molar-refractivity contribution is 0.0344. The van der Waals surface area contributed by atoms with Gasteiger partial charge in [-0.25, -0.2) is 4.98 Å². The fourth-order valence-electron chi connectivity index (χ4n) is 2.49. The molecular weight excluding hydrogens is 270 g/mol. The van der Waals surface area contributed by atoms with E-state index < -0.39 is 5.60 Å². The van der Waals surface area contributed by atoms with Crippen molar-refractivity contribution < 1.29 is 10.3 Å². The van der Waals surface area contributed by atoms with Gasteiger partial charge in [-0.1, -0.05) is 5.16 Å². The first-order valence-corrected chi connectivity index (χ1v) is 7.03. The molecule has 21 heavy (non-hydrogen) atoms. The molecule has 1 aliphatic heterocycles. The maximum absolute atomic E-state index is 9.86. The van der Waals surface area contributed by atoms with Gasteiger partial charge in [0.05, 0.1) is 5.60 Å². The van der Waals surface area contributed by atoms with Crippen LogP contribution in [0.15, 0.2) is 23.5 Å². The molecule has 0 amide bonds. The Labute approximate surface area is 124 Å². The van der Waals surface area contributed by atoms with Crippen LogP contribution in [0.2, 0.25) is 0 Å². The highest BCUT2D eigenvalue weighted by molar-refractivity contribution is 5.97. The van der Waals surface area contributed by atoms with E-state index in [2.05, 4.69) is 19.9 Å². The van der Waals surface area contributed by atoms with Gasteiger partial charge in [0.2, 0.25) is 0 Å². The fraction of sp³-hybridized carbons (Fsp3) is 0.571. The third-order valence-electron chi connectivity index (χ3n) is 3.46. The van der Waals surface area contributed by atoms with Crippen molar-refractivity contribution in [1.82, 2.24) is 9.88 Å². The minimum Gasteiger partial charge on any atom is -0.409 e. The molecule has 0 spiro atoms. The molecule has 7 heteroatoms. The van der Waals surface area contributed by atoms with Crippen molar-refractivity contribution in [3.8, 4) is 0 Å². The summed E-state index contributed by atoms with van der Waals surface area (Å²) >= 11 is 0. The van der Waals surface area contributed by atoms with Crippen LogP contribution in [0.3, 0.4) is 0 Å². The molecule has 1 aliphatic rings. The third kappa shape index (κ3) is 4.30. The van der Waals surface area contributed by atoms with Crippen molar-refractivity contribution in [2.45, 2.75) is 19.4 Å². The second-order valence-corrected chi connectivity index (χ2v) is 5.96. The molecule has 0 aliphatic carbocycles. The third-order valence-corrected chi connectivity index (χ3v) is 3.46. The highest BCUT2D eigenvalue weighted by Crippen LogP contribution is 2.16. The molecule has 116 valence electrons. The summed E-state index contributed by atoms with van der Waals surface area (Å²) in [7, 11) is 0. The van der Waals surface area contributed by atoms with Crippen LogP contribution in [0.5, 0.6) is 0 Å². The number of amidine groups is 1. The number of piperazine rings is 1. The van der Waals surface area contributed by atoms with Crippen LogP contribution in [-0.4, -0.2) is 64.4 Å². The van der Waals surface area contributed by atoms with Crippen molar-refractivity contribution in [2.24, 2.45) is 10.9 Å². The van der Waals surface area contributed by atoms with Gasteiger partial charge in [-0.3, -0.25) is 4.90 Å². The molecule has 7 nitrogen and oxygen atoms in total. The molecule has 1 aromatic heterocycles. The van der Waals surface area contributed by atoms with Gasteiger partial charge in [-0.15, -0.1) is 0 Å². The first kappa shape index (κ1) is 15.5. The van der Waals surface area contributed by atoms with Crippen molar-refractivity contribution in [1.29, 1.82) is 0 Å². The summed E-state index contributed by atoms with van der Waals surface area (Å²) in [6.45, 7) is 7.73. The number of oxime groups is 1. The number of rotatable bonds is 4. The zero-order chi connectivity index (χ0) is 15.5. The zero-order valence-corrected chi connectivity index (χ0v) is 12.5. The lowest BCUT2D eigenvalue weighted by Gasteiger charge is -2.37. The SMILES string of the molecule is CC(C)(O)CN1CCN(c2cc(C(N)=NO)ccn2)CC1. The Balaban J connectivity index is 1.99. The molecule has 4 N–H and O–H groups in total. The molecule has 0 radical (unpaired) electrons. The number of hydrogen-bond donors (Lipinski definition) is 3. The van der Waals surface area contributed by atoms with E-state index in [-0.39, 0.29) is 5.84 Å². The Morgan fingerprint density at radius 3 is 2.62 bits per heavy atom. The highest BCUT2D eigenvalue weighted by Gasteiger charge is 2.23. The number of nitrogens with zero attached hydrogens (tertiary/aromatic N) is 4. The Bertz CT molecular complexity index is 504. The van der Waals surface area contributed by atoms with Gasteiger partial charge in [-0.05, 0) is 26.0 Å². The molecule has 2 rings (SSSR count). The van der Waals surface area contributed by atoms with Crippen LogP contribution in [-0.2, 0) is 0 Å². The zero-order valence-electron chi connectivity index (χ0n) is 12.5. The highest BCUT2D eigenvalue weighted by atomic mass is 16.4. The maximum Gasteiger partial charge on any atom is 0.170 e. The molecule has 1 saturated heterocycles. The van der Waals surface area contributed by atoms with E-state index in [1.54, 1.807) is 12.3 Å². The number of pyridine rings is 1. The van der Waals surface area contributed by atoms with E-state index in [0.717, 1.165) is 32.0 Å². The van der Waals surface area contributed by atoms with Gasteiger partial charge in [0.25, 0.3) is 0 Å². The molecule has 0 saturated carbocycles. The first-order valence-electron chi connectivity index (χ1n) is 7.03. The van der Waals surface area contributed by atoms with Gasteiger partial charge < -0.3 is 20.9 Å². The number of hydrogen-bond acceptors (Lipinski definition) is 6. The Kier molecular flexibility index (Phi) is 4.64. The molecule has 0 aromatic carbocycles. The van der Waals surface area contributed by atoms with Gasteiger partial charge >= 0.3 is 0 Å². The summed E-state index contributed by atoms with van der Waals surface area (Å²) in [5.41, 5.74) is 5.58. The van der Waals surface area contributed by atoms with E-state index in [4.69, 9.17) is 10.9 Å². The topological polar surface area (TPSA) is 98.2 Å². The van der Waals surface area contributed by atoms with E-state index in [1.165, 1.54) is 0 Å². The average Bonchev–Trinajstić information content (AvgIpc) is 2.45. The molecule has 1 aromatic rings. The van der Waals surface area contributed by atoms with Gasteiger partial charge in [0.1, 0.15) is 5.82 Å². The summed E-state index contributed by atoms with van der Waals surface area (Å²) in [6.07, 6.45) is 1.66. The molecule has 2 heterocycles. The summed E-state index contributed by atoms with van der Waals surface area (Å²) < 4.78 is 0. The van der Waals surface area contributed by atoms with Gasteiger partial charge in [0, 0.05) is 44.5 Å². The summed E-state index contributed by atoms with van der Waals surface area (Å²) in [5.74, 6) is 0.904. The largest absolute Gasteiger partial charge is 0.409 e. The summed E-state index contributed by atoms with van der Waals surface area (Å²) in [6, 6.07) is 3.53. The molecule has 0 bridgehead atoms. The van der Waals surface area contributed by atoms with Crippen molar-refractivity contribution in [2.75, 3.05) is 37.6 Å². The normalized spacial score (nSPS) is 18.0. The predicted molar refractivity (Wildman–Crippen MR) is 81.7 cm³/mol. The lowest BCUT2D eigenvalue weighted by atomic mass is 10.1. The Morgan fingerprint density at radius 2 is 2.05 bits per heavy atom. The number of aromatic nitrogens is 1. The molecule has 1 fully saturated rings. The van der Waals surface area contributed by atoms with Crippen LogP contribution in [0, 0.1) is 0 Å². The van der Waals surface area contributed by atoms with Crippen molar-refractivity contribution >= 4 is 11.7 Å². The van der Waals surface area contributed by atoms with Crippen molar-refractivity contribution in [3.63, 3.8) is 0 Å². The fourth-order valence-corrected chi connectivity index (χ4v) is 2.49. The monoisotopic (exact) mass is 293 g/mol. The number of nitrogens with two attached hydrogens (primary N) is 1. The van der Waals surface area contributed by atoms with E-state index in [0.29, 0.717) is 12.1 Å². The van der Waals surface area contributed by atoms with Gasteiger partial charge in [0.15, 0.2) is 5.84 Å². The second kappa shape index (κ2) is 6.28. The number of β-amino-alcohol motifs (C(OH)–C–C–N with tert-alkyl or cyclic N) is 1. The average molecular weight is 293 g/mol. The van der Waals surface area contributed by atoms with E-state index in [9.17, 15) is 5.11 Å². The minimum absolute atomic E-state index is 0.0827. The minimum atomic E-state index is -0.674. The van der Waals surface area contributed by atoms with Crippen LogP contribution in [0.1, 0.15) is 19.4 Å². The standard InChI is InChI=1S/C14H23N5O2/c1-14(2,20)10-18-5-7-19(8-6-18)12-9-11(3-4-16-12)13(15)17-21/h3-4,9,20-21H,5-8,10H2,1-2H3,(H2,15,17). The smallest absolute Gasteiger partial charge is 0.170 e. The van der Waals surface area contributed by atoms with E-state index >= 15 is 0 Å². The van der Waals surface area contributed by atoms with Crippen LogP contribution in [0.25, 0.3) is 0 Å². The molecular formula is C14H23N5O2. The summed E-state index contributed by atoms with van der Waals surface area (Å²) in [4.78, 5) is 8.75. The first-order chi connectivity index (χ1) is 9.89. The predicted octanol–water partition coefficient (Wildman–Crippen LogP) is 0.0690. The van der Waals surface area contributed by atoms with Crippen LogP contribution < -0.4 is 10.6 Å². The Morgan fingerprint density at radius 1 is 1.38 bits per heavy atom. The van der Waals surface area contributed by atoms with E-state index in [1.807, 2.05) is 19.9 Å². The quantitative estimate of drug-likeness (QED) is 0.314. The lowest BCUT2D eigenvalue weighted by Crippen LogP contribution is -2.50. The van der Waals surface area contributed by atoms with Crippen LogP contribution >= 0.6 is 0 Å². The Hall–Kier alpha value is -1.86. The van der Waals surface area contributed by atoms with Gasteiger partial charge in [-0.2, -0.15) is 0 Å². The molecule has 0 atom stereocenters. The number of aliphatic hydroxyl groups is 1. The van der Waals surface area contributed by atoms with Crippen LogP contribution in [0.4, 0.5) is 5.82 Å². The second-order valence-electron chi connectivity index (χ2n) is 5.96. The van der Waals surface area contributed by atoms with Crippen molar-refractivity contribution in [3.05, 3.63) is 23.9 Å².